The van der Waals surface area contributed by atoms with Crippen LogP contribution >= 0.6 is 0 Å². The molecule has 5 rings (SSSR count). The first-order valence-corrected chi connectivity index (χ1v) is 9.99. The van der Waals surface area contributed by atoms with Gasteiger partial charge in [-0.1, -0.05) is 13.0 Å². The summed E-state index contributed by atoms with van der Waals surface area (Å²) in [5, 5.41) is 4.70. The number of carbonyl (C=O) groups is 2. The van der Waals surface area contributed by atoms with E-state index in [1.807, 2.05) is 31.2 Å². The van der Waals surface area contributed by atoms with Crippen LogP contribution in [-0.4, -0.2) is 40.3 Å². The summed E-state index contributed by atoms with van der Waals surface area (Å²) < 4.78 is 17.7. The van der Waals surface area contributed by atoms with Crippen molar-refractivity contribution < 1.29 is 23.8 Å². The number of hydrogen-bond donors (Lipinski definition) is 0. The minimum atomic E-state index is -0.776. The molecule has 8 heteroatoms. The molecule has 1 aromatic carbocycles. The third-order valence-corrected chi connectivity index (χ3v) is 5.65. The zero-order chi connectivity index (χ0) is 20.9. The Balaban J connectivity index is 1.61. The average Bonchev–Trinajstić information content (AvgIpc) is 3.32. The van der Waals surface area contributed by atoms with Gasteiger partial charge in [0.15, 0.2) is 17.2 Å². The predicted octanol–water partition coefficient (Wildman–Crippen LogP) is 3.06. The first kappa shape index (κ1) is 18.6. The van der Waals surface area contributed by atoms with E-state index in [9.17, 15) is 9.59 Å². The van der Waals surface area contributed by atoms with Gasteiger partial charge in [0.2, 0.25) is 0 Å². The molecule has 1 aliphatic heterocycles. The second-order valence-electron chi connectivity index (χ2n) is 7.62. The molecule has 30 heavy (non-hydrogen) atoms. The van der Waals surface area contributed by atoms with Crippen LogP contribution in [0.4, 0.5) is 0 Å². The van der Waals surface area contributed by atoms with E-state index < -0.39 is 5.41 Å². The van der Waals surface area contributed by atoms with Crippen molar-refractivity contribution in [2.75, 3.05) is 13.7 Å². The molecule has 0 unspecified atom stereocenters. The van der Waals surface area contributed by atoms with Crippen molar-refractivity contribution in [3.8, 4) is 17.0 Å². The zero-order valence-electron chi connectivity index (χ0n) is 16.8. The van der Waals surface area contributed by atoms with Gasteiger partial charge < -0.3 is 14.2 Å². The Morgan fingerprint density at radius 2 is 2.10 bits per heavy atom. The molecule has 1 saturated carbocycles. The van der Waals surface area contributed by atoms with E-state index in [4.69, 9.17) is 19.3 Å². The van der Waals surface area contributed by atoms with Gasteiger partial charge in [-0.15, -0.1) is 5.10 Å². The lowest BCUT2D eigenvalue weighted by molar-refractivity contribution is -0.147. The summed E-state index contributed by atoms with van der Waals surface area (Å²) in [6.07, 6.45) is 2.10. The lowest BCUT2D eigenvalue weighted by atomic mass is 10.0. The van der Waals surface area contributed by atoms with Crippen LogP contribution in [0.1, 0.15) is 47.9 Å². The molecule has 1 aliphatic carbocycles. The number of cyclic esters (lactones) is 1. The highest BCUT2D eigenvalue weighted by atomic mass is 16.5. The molecule has 0 atom stereocenters. The Morgan fingerprint density at radius 1 is 1.27 bits per heavy atom. The second-order valence-corrected chi connectivity index (χ2v) is 7.62. The molecule has 154 valence electrons. The van der Waals surface area contributed by atoms with Crippen LogP contribution in [0, 0.1) is 0 Å². The summed E-state index contributed by atoms with van der Waals surface area (Å²) >= 11 is 0. The van der Waals surface area contributed by atoms with E-state index in [-0.39, 0.29) is 18.5 Å². The summed E-state index contributed by atoms with van der Waals surface area (Å²) in [5.74, 6) is 0.443. The molecule has 0 amide bonds. The number of hydrogen-bond acceptors (Lipinski definition) is 7. The zero-order valence-corrected chi connectivity index (χ0v) is 16.8. The Kier molecular flexibility index (Phi) is 4.23. The number of pyridine rings is 1. The highest BCUT2D eigenvalue weighted by Crippen LogP contribution is 2.48. The van der Waals surface area contributed by atoms with Crippen molar-refractivity contribution in [1.29, 1.82) is 0 Å². The van der Waals surface area contributed by atoms with Crippen molar-refractivity contribution in [3.63, 3.8) is 0 Å². The minimum absolute atomic E-state index is 0.260. The topological polar surface area (TPSA) is 92.0 Å². The maximum atomic E-state index is 12.6. The number of carbonyl (C=O) groups excluding carboxylic acids is 2. The van der Waals surface area contributed by atoms with Gasteiger partial charge in [-0.2, -0.15) is 0 Å². The lowest BCUT2D eigenvalue weighted by Gasteiger charge is -2.10. The monoisotopic (exact) mass is 407 g/mol. The Morgan fingerprint density at radius 3 is 2.83 bits per heavy atom. The summed E-state index contributed by atoms with van der Waals surface area (Å²) in [5.41, 5.74) is 2.83. The van der Waals surface area contributed by atoms with Crippen molar-refractivity contribution >= 4 is 17.6 Å². The van der Waals surface area contributed by atoms with Gasteiger partial charge in [-0.25, -0.2) is 14.3 Å². The third kappa shape index (κ3) is 2.74. The summed E-state index contributed by atoms with van der Waals surface area (Å²) in [6.45, 7) is 2.61. The van der Waals surface area contributed by atoms with Crippen LogP contribution in [0.3, 0.4) is 0 Å². The molecule has 0 bridgehead atoms. The molecule has 0 saturated heterocycles. The van der Waals surface area contributed by atoms with E-state index in [1.54, 1.807) is 17.7 Å². The number of nitrogens with zero attached hydrogens (tertiary/aromatic N) is 3. The van der Waals surface area contributed by atoms with Crippen LogP contribution < -0.4 is 4.74 Å². The quantitative estimate of drug-likeness (QED) is 0.580. The fraction of sp³-hybridized carbons (Fsp3) is 0.364. The SMILES string of the molecule is CCCOC(=O)C1(c2nc3c(OC)ccc(-c4ccc5c(c4)COC5=O)n3n2)CC1. The van der Waals surface area contributed by atoms with Crippen LogP contribution in [0.25, 0.3) is 16.9 Å². The Hall–Kier alpha value is -3.42. The molecule has 3 aromatic rings. The van der Waals surface area contributed by atoms with Crippen molar-refractivity contribution in [2.45, 2.75) is 38.2 Å². The Bertz CT molecular complexity index is 1180. The van der Waals surface area contributed by atoms with Gasteiger partial charge >= 0.3 is 11.9 Å². The van der Waals surface area contributed by atoms with E-state index in [0.29, 0.717) is 42.2 Å². The van der Waals surface area contributed by atoms with Gasteiger partial charge in [-0.3, -0.25) is 4.79 Å². The highest BCUT2D eigenvalue weighted by molar-refractivity contribution is 5.94. The second kappa shape index (κ2) is 6.83. The standard InChI is InChI=1S/C22H21N3O5/c1-3-10-29-21(27)22(8-9-22)20-23-18-17(28-2)7-6-16(25(18)24-20)13-4-5-15-14(11-13)12-30-19(15)26/h4-7,11H,3,8-10,12H2,1-2H3. The van der Waals surface area contributed by atoms with E-state index in [0.717, 1.165) is 23.2 Å². The molecule has 0 spiro atoms. The molecule has 0 N–H and O–H groups in total. The van der Waals surface area contributed by atoms with E-state index >= 15 is 0 Å². The smallest absolute Gasteiger partial charge is 0.338 e. The maximum absolute atomic E-state index is 12.6. The molecule has 3 heterocycles. The minimum Gasteiger partial charge on any atom is -0.493 e. The summed E-state index contributed by atoms with van der Waals surface area (Å²) in [6, 6.07) is 9.26. The summed E-state index contributed by atoms with van der Waals surface area (Å²) in [7, 11) is 1.57. The number of benzene rings is 1. The number of fused-ring (bicyclic) bond motifs is 2. The number of aromatic nitrogens is 3. The van der Waals surface area contributed by atoms with Crippen molar-refractivity contribution in [1.82, 2.24) is 14.6 Å². The van der Waals surface area contributed by atoms with Gasteiger partial charge in [0.05, 0.1) is 25.0 Å². The molecule has 2 aliphatic rings. The van der Waals surface area contributed by atoms with E-state index in [2.05, 4.69) is 4.98 Å². The van der Waals surface area contributed by atoms with Crippen LogP contribution in [0.5, 0.6) is 5.75 Å². The van der Waals surface area contributed by atoms with Gasteiger partial charge in [0.25, 0.3) is 0 Å². The number of esters is 2. The maximum Gasteiger partial charge on any atom is 0.338 e. The lowest BCUT2D eigenvalue weighted by Crippen LogP contribution is -2.25. The van der Waals surface area contributed by atoms with Crippen molar-refractivity contribution in [2.24, 2.45) is 0 Å². The fourth-order valence-corrected chi connectivity index (χ4v) is 3.79. The Labute approximate surface area is 172 Å². The fourth-order valence-electron chi connectivity index (χ4n) is 3.79. The molecule has 2 aromatic heterocycles. The summed E-state index contributed by atoms with van der Waals surface area (Å²) in [4.78, 5) is 29.1. The third-order valence-electron chi connectivity index (χ3n) is 5.65. The van der Waals surface area contributed by atoms with Gasteiger partial charge in [-0.05, 0) is 43.5 Å². The van der Waals surface area contributed by atoms with Gasteiger partial charge in [0, 0.05) is 11.1 Å². The van der Waals surface area contributed by atoms with E-state index in [1.165, 1.54) is 0 Å². The average molecular weight is 407 g/mol. The molecular formula is C22H21N3O5. The number of rotatable bonds is 6. The van der Waals surface area contributed by atoms with Gasteiger partial charge in [0.1, 0.15) is 12.0 Å². The largest absolute Gasteiger partial charge is 0.493 e. The molecule has 1 fully saturated rings. The molecular weight excluding hydrogens is 386 g/mol. The first-order chi connectivity index (χ1) is 14.6. The highest BCUT2D eigenvalue weighted by Gasteiger charge is 2.56. The molecule has 8 nitrogen and oxygen atoms in total. The first-order valence-electron chi connectivity index (χ1n) is 9.99. The molecule has 0 radical (unpaired) electrons. The predicted molar refractivity (Wildman–Crippen MR) is 106 cm³/mol. The van der Waals surface area contributed by atoms with Crippen molar-refractivity contribution in [3.05, 3.63) is 47.3 Å². The number of ether oxygens (including phenoxy) is 3. The van der Waals surface area contributed by atoms with Crippen LogP contribution in [-0.2, 0) is 26.3 Å². The van der Waals surface area contributed by atoms with Crippen LogP contribution in [0.15, 0.2) is 30.3 Å². The normalized spacial score (nSPS) is 16.3. The van der Waals surface area contributed by atoms with Crippen LogP contribution in [0.2, 0.25) is 0 Å². The number of methoxy groups -OCH3 is 1.